The van der Waals surface area contributed by atoms with Gasteiger partial charge in [0.25, 0.3) is 0 Å². The Kier molecular flexibility index (Phi) is 5.48. The van der Waals surface area contributed by atoms with Crippen molar-refractivity contribution >= 4 is 15.9 Å². The molecule has 2 atom stereocenters. The van der Waals surface area contributed by atoms with Gasteiger partial charge in [0.1, 0.15) is 6.17 Å². The average Bonchev–Trinajstić information content (AvgIpc) is 3.37. The summed E-state index contributed by atoms with van der Waals surface area (Å²) >= 11 is 0. The number of rotatable bonds is 6. The summed E-state index contributed by atoms with van der Waals surface area (Å²) in [5.41, 5.74) is 3.30. The molecule has 3 N–H and O–H groups in total. The first kappa shape index (κ1) is 19.7. The van der Waals surface area contributed by atoms with E-state index in [-0.39, 0.29) is 19.1 Å². The van der Waals surface area contributed by atoms with Crippen molar-refractivity contribution in [1.82, 2.24) is 15.5 Å². The maximum atomic E-state index is 12.4. The number of nitrogens with zero attached hydrogens (tertiary/aromatic N) is 1. The van der Waals surface area contributed by atoms with Crippen LogP contribution in [0.25, 0.3) is 0 Å². The second-order valence-corrected chi connectivity index (χ2v) is 9.56. The summed E-state index contributed by atoms with van der Waals surface area (Å²) in [6.07, 6.45) is 4.83. The molecule has 0 aromatic heterocycles. The van der Waals surface area contributed by atoms with E-state index >= 15 is 0 Å². The quantitative estimate of drug-likeness (QED) is 0.686. The van der Waals surface area contributed by atoms with E-state index < -0.39 is 21.3 Å². The van der Waals surface area contributed by atoms with Crippen molar-refractivity contribution in [3.8, 4) is 0 Å². The molecule has 1 fully saturated rings. The molecule has 1 aromatic rings. The molecule has 2 unspecified atom stereocenters. The fourth-order valence-electron chi connectivity index (χ4n) is 3.58. The van der Waals surface area contributed by atoms with Gasteiger partial charge in [-0.05, 0) is 37.3 Å². The highest BCUT2D eigenvalue weighted by molar-refractivity contribution is 7.90. The van der Waals surface area contributed by atoms with Gasteiger partial charge in [0.05, 0.1) is 5.25 Å². The number of carbonyl (C=O) groups excluding carboxylic acids is 1. The minimum Gasteiger partial charge on any atom is -0.396 e. The van der Waals surface area contributed by atoms with Gasteiger partial charge >= 0.3 is 6.03 Å². The monoisotopic (exact) mass is 393 g/mol. The molecule has 2 amide bonds. The number of urea groups is 1. The van der Waals surface area contributed by atoms with Gasteiger partial charge in [0, 0.05) is 37.7 Å². The molecule has 0 saturated heterocycles. The van der Waals surface area contributed by atoms with Gasteiger partial charge in [-0.2, -0.15) is 0 Å². The average molecular weight is 394 g/mol. The lowest BCUT2D eigenvalue weighted by Gasteiger charge is -2.28. The lowest BCUT2D eigenvalue weighted by molar-refractivity contribution is 0.203. The summed E-state index contributed by atoms with van der Waals surface area (Å²) in [4.78, 5) is 14.0. The predicted molar refractivity (Wildman–Crippen MR) is 103 cm³/mol. The van der Waals surface area contributed by atoms with Gasteiger partial charge < -0.3 is 15.7 Å². The first-order chi connectivity index (χ1) is 12.8. The summed E-state index contributed by atoms with van der Waals surface area (Å²) in [5, 5.41) is 14.7. The first-order valence-electron chi connectivity index (χ1n) is 9.14. The van der Waals surface area contributed by atoms with Crippen LogP contribution in [0.15, 0.2) is 30.1 Å². The van der Waals surface area contributed by atoms with Crippen molar-refractivity contribution in [3.63, 3.8) is 0 Å². The minimum atomic E-state index is -3.43. The first-order valence-corrected chi connectivity index (χ1v) is 11.1. The lowest BCUT2D eigenvalue weighted by atomic mass is 9.97. The van der Waals surface area contributed by atoms with Crippen LogP contribution in [0.5, 0.6) is 0 Å². The Morgan fingerprint density at radius 2 is 2.11 bits per heavy atom. The van der Waals surface area contributed by atoms with Crippen molar-refractivity contribution in [2.75, 3.05) is 19.9 Å². The highest BCUT2D eigenvalue weighted by atomic mass is 32.2. The van der Waals surface area contributed by atoms with E-state index in [0.29, 0.717) is 11.5 Å². The van der Waals surface area contributed by atoms with Gasteiger partial charge in [-0.3, -0.25) is 4.90 Å². The van der Waals surface area contributed by atoms with Crippen LogP contribution >= 0.6 is 0 Å². The Labute approximate surface area is 160 Å². The van der Waals surface area contributed by atoms with E-state index in [0.717, 1.165) is 29.7 Å². The zero-order valence-corrected chi connectivity index (χ0v) is 16.7. The summed E-state index contributed by atoms with van der Waals surface area (Å²) < 4.78 is 24.8. The van der Waals surface area contributed by atoms with Gasteiger partial charge in [-0.1, -0.05) is 23.8 Å². The van der Waals surface area contributed by atoms with Gasteiger partial charge in [0.2, 0.25) is 0 Å². The third-order valence-electron chi connectivity index (χ3n) is 5.12. The van der Waals surface area contributed by atoms with Crippen LogP contribution < -0.4 is 10.6 Å². The van der Waals surface area contributed by atoms with Crippen molar-refractivity contribution in [3.05, 3.63) is 46.8 Å². The highest BCUT2D eigenvalue weighted by Crippen LogP contribution is 2.42. The van der Waals surface area contributed by atoms with Crippen LogP contribution in [0.3, 0.4) is 0 Å². The Hall–Kier alpha value is -2.06. The van der Waals surface area contributed by atoms with Crippen LogP contribution in [0.4, 0.5) is 4.79 Å². The number of sulfone groups is 1. The zero-order valence-electron chi connectivity index (χ0n) is 15.9. The van der Waals surface area contributed by atoms with Crippen molar-refractivity contribution in [1.29, 1.82) is 0 Å². The molecule has 27 heavy (non-hydrogen) atoms. The Morgan fingerprint density at radius 3 is 2.67 bits per heavy atom. The molecule has 1 saturated carbocycles. The molecular formula is C19H27N3O4S. The third-order valence-corrected chi connectivity index (χ3v) is 6.64. The summed E-state index contributed by atoms with van der Waals surface area (Å²) in [7, 11) is -1.86. The fraction of sp³-hybridized carbons (Fsp3) is 0.526. The summed E-state index contributed by atoms with van der Waals surface area (Å²) in [6.45, 7) is 1.67. The van der Waals surface area contributed by atoms with Crippen LogP contribution in [-0.2, 0) is 9.84 Å². The number of allylic oxidation sites excluding steroid dienone is 1. The van der Waals surface area contributed by atoms with Gasteiger partial charge in [-0.25, -0.2) is 13.2 Å². The topological polar surface area (TPSA) is 98.7 Å². The minimum absolute atomic E-state index is 0.116. The molecule has 0 spiro atoms. The molecule has 1 aliphatic carbocycles. The van der Waals surface area contributed by atoms with Crippen molar-refractivity contribution in [2.24, 2.45) is 5.92 Å². The number of aliphatic hydroxyl groups excluding tert-OH is 1. The normalized spacial score (nSPS) is 20.8. The third kappa shape index (κ3) is 4.11. The van der Waals surface area contributed by atoms with Crippen molar-refractivity contribution < 1.29 is 18.3 Å². The molecule has 8 heteroatoms. The molecule has 1 aliphatic heterocycles. The predicted octanol–water partition coefficient (Wildman–Crippen LogP) is 1.96. The zero-order chi connectivity index (χ0) is 19.8. The smallest absolute Gasteiger partial charge is 0.323 e. The van der Waals surface area contributed by atoms with Gasteiger partial charge in [0.15, 0.2) is 9.84 Å². The molecule has 0 radical (unpaired) electrons. The number of nitrogens with one attached hydrogen (secondary N) is 2. The second-order valence-electron chi connectivity index (χ2n) is 7.33. The molecule has 0 bridgehead atoms. The Balaban J connectivity index is 2.06. The SMILES string of the molecule is CNC(=O)N1C=C(C2CC2)NC1c1ccc(C)cc1C(CCO)S(C)(=O)=O. The molecular weight excluding hydrogens is 366 g/mol. The van der Waals surface area contributed by atoms with Crippen LogP contribution in [-0.4, -0.2) is 44.4 Å². The highest BCUT2D eigenvalue weighted by Gasteiger charge is 2.38. The molecule has 1 aromatic carbocycles. The van der Waals surface area contributed by atoms with E-state index in [9.17, 15) is 18.3 Å². The van der Waals surface area contributed by atoms with Crippen LogP contribution in [0.1, 0.15) is 47.4 Å². The number of carbonyl (C=O) groups is 1. The van der Waals surface area contributed by atoms with E-state index in [1.165, 1.54) is 6.26 Å². The van der Waals surface area contributed by atoms with Crippen LogP contribution in [0, 0.1) is 12.8 Å². The summed E-state index contributed by atoms with van der Waals surface area (Å²) in [5.74, 6) is 0.430. The molecule has 3 rings (SSSR count). The van der Waals surface area contributed by atoms with E-state index in [1.807, 2.05) is 31.3 Å². The number of benzene rings is 1. The molecule has 148 valence electrons. The number of aliphatic hydroxyl groups is 1. The number of amides is 2. The van der Waals surface area contributed by atoms with Crippen LogP contribution in [0.2, 0.25) is 0 Å². The number of aryl methyl sites for hydroxylation is 1. The molecule has 2 aliphatic rings. The van der Waals surface area contributed by atoms with E-state index in [1.54, 1.807) is 11.9 Å². The van der Waals surface area contributed by atoms with Crippen molar-refractivity contribution in [2.45, 2.75) is 37.6 Å². The largest absolute Gasteiger partial charge is 0.396 e. The van der Waals surface area contributed by atoms with E-state index in [2.05, 4.69) is 10.6 Å². The number of hydrogen-bond acceptors (Lipinski definition) is 5. The fourth-order valence-corrected chi connectivity index (χ4v) is 4.78. The maximum Gasteiger partial charge on any atom is 0.323 e. The molecule has 7 nitrogen and oxygen atoms in total. The Bertz CT molecular complexity index is 862. The maximum absolute atomic E-state index is 12.4. The lowest BCUT2D eigenvalue weighted by Crippen LogP contribution is -2.39. The van der Waals surface area contributed by atoms with E-state index in [4.69, 9.17) is 0 Å². The second kappa shape index (κ2) is 7.52. The Morgan fingerprint density at radius 1 is 1.41 bits per heavy atom. The standard InChI is InChI=1S/C19H27N3O4S/c1-12-4-7-14(15(10-12)17(8-9-23)27(3,25)26)18-21-16(13-5-6-13)11-22(18)19(24)20-2/h4,7,10-11,13,17-18,21,23H,5-6,8-9H2,1-3H3,(H,20,24). The van der Waals surface area contributed by atoms with Gasteiger partial charge in [-0.15, -0.1) is 0 Å². The molecule has 1 heterocycles. The number of hydrogen-bond donors (Lipinski definition) is 3. The summed E-state index contributed by atoms with van der Waals surface area (Å²) in [6, 6.07) is 5.37.